The monoisotopic (exact) mass is 462 g/mol. The molecule has 3 heterocycles. The van der Waals surface area contributed by atoms with Crippen LogP contribution in [0.3, 0.4) is 0 Å². The molecule has 0 radical (unpaired) electrons. The highest BCUT2D eigenvalue weighted by molar-refractivity contribution is 6.05. The van der Waals surface area contributed by atoms with Crippen molar-refractivity contribution in [2.75, 3.05) is 20.7 Å². The molecular formula is C25H23FN4O4. The molecule has 0 bridgehead atoms. The van der Waals surface area contributed by atoms with Gasteiger partial charge < -0.3 is 18.9 Å². The van der Waals surface area contributed by atoms with Crippen molar-refractivity contribution in [3.8, 4) is 11.6 Å². The van der Waals surface area contributed by atoms with Crippen LogP contribution in [0.25, 0.3) is 10.9 Å². The molecule has 0 N–H and O–H groups in total. The number of ether oxygens (including phenoxy) is 2. The minimum Gasteiger partial charge on any atom is -0.486 e. The molecule has 2 aromatic heterocycles. The standard InChI is InChI=1S/C25H23FN4O4/c1-28-12-13-29-20-19(22(21(29)25(28)32)34-15-17-6-4-3-5-7-17)24(31)30(27-23(20)33-2)14-16-8-10-18(26)11-9-16/h3-11H,12-15H2,1-2H3. The molecule has 1 aliphatic rings. The van der Waals surface area contributed by atoms with E-state index in [-0.39, 0.29) is 41.9 Å². The second kappa shape index (κ2) is 8.66. The summed E-state index contributed by atoms with van der Waals surface area (Å²) in [4.78, 5) is 28.4. The lowest BCUT2D eigenvalue weighted by atomic mass is 10.2. The lowest BCUT2D eigenvalue weighted by Gasteiger charge is -2.25. The second-order valence-corrected chi connectivity index (χ2v) is 8.15. The van der Waals surface area contributed by atoms with E-state index in [0.717, 1.165) is 5.56 Å². The first-order chi connectivity index (χ1) is 16.5. The van der Waals surface area contributed by atoms with Crippen LogP contribution >= 0.6 is 0 Å². The van der Waals surface area contributed by atoms with E-state index < -0.39 is 5.56 Å². The van der Waals surface area contributed by atoms with Crippen LogP contribution in [0.1, 0.15) is 21.6 Å². The van der Waals surface area contributed by atoms with Gasteiger partial charge in [0.1, 0.15) is 23.3 Å². The van der Waals surface area contributed by atoms with Crippen molar-refractivity contribution in [1.29, 1.82) is 0 Å². The van der Waals surface area contributed by atoms with Gasteiger partial charge >= 0.3 is 0 Å². The van der Waals surface area contributed by atoms with Gasteiger partial charge in [0.15, 0.2) is 11.4 Å². The van der Waals surface area contributed by atoms with Crippen LogP contribution < -0.4 is 15.0 Å². The van der Waals surface area contributed by atoms with Crippen molar-refractivity contribution in [3.63, 3.8) is 0 Å². The van der Waals surface area contributed by atoms with Crippen molar-refractivity contribution in [2.24, 2.45) is 0 Å². The van der Waals surface area contributed by atoms with E-state index in [2.05, 4.69) is 5.10 Å². The molecular weight excluding hydrogens is 439 g/mol. The molecule has 0 saturated heterocycles. The van der Waals surface area contributed by atoms with Gasteiger partial charge in [-0.25, -0.2) is 9.07 Å². The maximum absolute atomic E-state index is 13.7. The van der Waals surface area contributed by atoms with Gasteiger partial charge in [-0.15, -0.1) is 5.10 Å². The van der Waals surface area contributed by atoms with Crippen molar-refractivity contribution < 1.29 is 18.7 Å². The van der Waals surface area contributed by atoms with E-state index >= 15 is 0 Å². The van der Waals surface area contributed by atoms with Crippen LogP contribution in [0.15, 0.2) is 59.4 Å². The molecule has 34 heavy (non-hydrogen) atoms. The van der Waals surface area contributed by atoms with Gasteiger partial charge in [-0.3, -0.25) is 9.59 Å². The molecule has 5 rings (SSSR count). The average molecular weight is 462 g/mol. The number of carbonyl (C=O) groups is 1. The minimum absolute atomic E-state index is 0.109. The maximum Gasteiger partial charge on any atom is 0.280 e. The first kappa shape index (κ1) is 21.7. The Morgan fingerprint density at radius 3 is 2.44 bits per heavy atom. The van der Waals surface area contributed by atoms with E-state index in [0.29, 0.717) is 29.9 Å². The Morgan fingerprint density at radius 2 is 1.74 bits per heavy atom. The molecule has 9 heteroatoms. The largest absolute Gasteiger partial charge is 0.486 e. The Bertz CT molecular complexity index is 1430. The van der Waals surface area contributed by atoms with Gasteiger partial charge in [-0.2, -0.15) is 0 Å². The third kappa shape index (κ3) is 3.68. The summed E-state index contributed by atoms with van der Waals surface area (Å²) in [5.74, 6) is -0.174. The maximum atomic E-state index is 13.7. The molecule has 0 saturated carbocycles. The summed E-state index contributed by atoms with van der Waals surface area (Å²) in [5.41, 5.74) is 1.92. The summed E-state index contributed by atoms with van der Waals surface area (Å²) in [6.45, 7) is 1.25. The van der Waals surface area contributed by atoms with Crippen LogP contribution in [-0.2, 0) is 19.7 Å². The van der Waals surface area contributed by atoms with E-state index in [4.69, 9.17) is 9.47 Å². The number of carbonyl (C=O) groups excluding carboxylic acids is 1. The molecule has 1 amide bonds. The van der Waals surface area contributed by atoms with Crippen molar-refractivity contribution in [3.05, 3.63) is 87.6 Å². The van der Waals surface area contributed by atoms with Gasteiger partial charge in [-0.1, -0.05) is 42.5 Å². The van der Waals surface area contributed by atoms with Gasteiger partial charge in [0.2, 0.25) is 0 Å². The zero-order valence-corrected chi connectivity index (χ0v) is 18.8. The van der Waals surface area contributed by atoms with Crippen LogP contribution in [0.2, 0.25) is 0 Å². The fourth-order valence-electron chi connectivity index (χ4n) is 4.19. The summed E-state index contributed by atoms with van der Waals surface area (Å²) in [6.07, 6.45) is 0. The smallest absolute Gasteiger partial charge is 0.280 e. The van der Waals surface area contributed by atoms with Gasteiger partial charge in [0.25, 0.3) is 17.3 Å². The highest BCUT2D eigenvalue weighted by atomic mass is 19.1. The van der Waals surface area contributed by atoms with Crippen LogP contribution in [0, 0.1) is 5.82 Å². The molecule has 8 nitrogen and oxygen atoms in total. The van der Waals surface area contributed by atoms with Gasteiger partial charge in [0.05, 0.1) is 13.7 Å². The Balaban J connectivity index is 1.70. The number of benzene rings is 2. The number of fused-ring (bicyclic) bond motifs is 3. The normalized spacial score (nSPS) is 13.3. The molecule has 0 atom stereocenters. The molecule has 0 unspecified atom stereocenters. The Hall–Kier alpha value is -4.14. The van der Waals surface area contributed by atoms with Crippen molar-refractivity contribution >= 4 is 16.8 Å². The van der Waals surface area contributed by atoms with E-state index in [9.17, 15) is 14.0 Å². The van der Waals surface area contributed by atoms with Crippen molar-refractivity contribution in [1.82, 2.24) is 19.2 Å². The number of likely N-dealkylation sites (N-methyl/N-ethyl adjacent to an activating group) is 1. The Kier molecular flexibility index (Phi) is 5.53. The van der Waals surface area contributed by atoms with E-state index in [1.54, 1.807) is 28.6 Å². The summed E-state index contributed by atoms with van der Waals surface area (Å²) in [5, 5.41) is 4.65. The molecule has 0 spiro atoms. The fraction of sp³-hybridized carbons (Fsp3) is 0.240. The number of amides is 1. The molecule has 174 valence electrons. The van der Waals surface area contributed by atoms with Crippen LogP contribution in [0.4, 0.5) is 4.39 Å². The predicted octanol–water partition coefficient (Wildman–Crippen LogP) is 3.06. The number of rotatable bonds is 6. The SMILES string of the molecule is COc1nn(Cc2ccc(F)cc2)c(=O)c2c(OCc3ccccc3)c3n(c12)CCN(C)C3=O. The van der Waals surface area contributed by atoms with Gasteiger partial charge in [-0.05, 0) is 23.3 Å². The van der Waals surface area contributed by atoms with Crippen LogP contribution in [0.5, 0.6) is 11.6 Å². The predicted molar refractivity (Wildman–Crippen MR) is 124 cm³/mol. The Morgan fingerprint density at radius 1 is 1.00 bits per heavy atom. The third-order valence-corrected chi connectivity index (χ3v) is 5.95. The minimum atomic E-state index is -0.416. The molecule has 0 fully saturated rings. The lowest BCUT2D eigenvalue weighted by Crippen LogP contribution is -2.37. The van der Waals surface area contributed by atoms with Gasteiger partial charge in [0, 0.05) is 20.1 Å². The fourth-order valence-corrected chi connectivity index (χ4v) is 4.19. The highest BCUT2D eigenvalue weighted by Crippen LogP contribution is 2.37. The lowest BCUT2D eigenvalue weighted by molar-refractivity contribution is 0.0744. The summed E-state index contributed by atoms with van der Waals surface area (Å²) in [7, 11) is 3.18. The molecule has 4 aromatic rings. The third-order valence-electron chi connectivity index (χ3n) is 5.95. The quantitative estimate of drug-likeness (QED) is 0.440. The van der Waals surface area contributed by atoms with Crippen LogP contribution in [-0.4, -0.2) is 45.9 Å². The highest BCUT2D eigenvalue weighted by Gasteiger charge is 2.34. The average Bonchev–Trinajstić information content (AvgIpc) is 3.19. The zero-order chi connectivity index (χ0) is 23.8. The zero-order valence-electron chi connectivity index (χ0n) is 18.8. The molecule has 1 aliphatic heterocycles. The number of methoxy groups -OCH3 is 1. The summed E-state index contributed by atoms with van der Waals surface area (Å²) >= 11 is 0. The number of hydrogen-bond acceptors (Lipinski definition) is 5. The number of hydrogen-bond donors (Lipinski definition) is 0. The first-order valence-corrected chi connectivity index (χ1v) is 10.9. The van der Waals surface area contributed by atoms with Crippen molar-refractivity contribution in [2.45, 2.75) is 19.7 Å². The van der Waals surface area contributed by atoms with E-state index in [1.807, 2.05) is 30.3 Å². The number of halogens is 1. The Labute approximate surface area is 194 Å². The second-order valence-electron chi connectivity index (χ2n) is 8.15. The summed E-state index contributed by atoms with van der Waals surface area (Å²) < 4.78 is 28.1. The first-order valence-electron chi connectivity index (χ1n) is 10.9. The number of aromatic nitrogens is 3. The topological polar surface area (TPSA) is 78.6 Å². The summed E-state index contributed by atoms with van der Waals surface area (Å²) in [6, 6.07) is 15.4. The number of nitrogens with zero attached hydrogens (tertiary/aromatic N) is 4. The van der Waals surface area contributed by atoms with E-state index in [1.165, 1.54) is 23.9 Å². The molecule has 2 aromatic carbocycles. The molecule has 0 aliphatic carbocycles.